The average molecular weight is 449 g/mol. The molecule has 0 aliphatic rings. The molecule has 1 rings (SSSR count). The Balaban J connectivity index is 0.00000529. The van der Waals surface area contributed by atoms with Crippen molar-refractivity contribution >= 4 is 29.9 Å². The minimum atomic E-state index is -0.214. The highest BCUT2D eigenvalue weighted by Gasteiger charge is 2.16. The Morgan fingerprint density at radius 2 is 1.79 bits per heavy atom. The van der Waals surface area contributed by atoms with Crippen LogP contribution in [0, 0.1) is 0 Å². The van der Waals surface area contributed by atoms with E-state index < -0.39 is 0 Å². The van der Waals surface area contributed by atoms with E-state index in [0.29, 0.717) is 12.5 Å². The third-order valence-corrected chi connectivity index (χ3v) is 4.01. The summed E-state index contributed by atoms with van der Waals surface area (Å²) in [6.07, 6.45) is 1.03. The molecule has 1 aromatic rings. The lowest BCUT2D eigenvalue weighted by Gasteiger charge is -2.24. The van der Waals surface area contributed by atoms with Crippen molar-refractivity contribution < 1.29 is 9.47 Å². The topological polar surface area (TPSA) is 54.9 Å². The molecular formula is C18H32IN3O2. The van der Waals surface area contributed by atoms with E-state index in [1.807, 2.05) is 26.0 Å². The summed E-state index contributed by atoms with van der Waals surface area (Å²) in [5.74, 6) is 2.17. The molecule has 6 heteroatoms. The van der Waals surface area contributed by atoms with Crippen LogP contribution in [0.2, 0.25) is 0 Å². The van der Waals surface area contributed by atoms with Gasteiger partial charge in [0.1, 0.15) is 5.75 Å². The van der Waals surface area contributed by atoms with Gasteiger partial charge in [-0.2, -0.15) is 0 Å². The first-order valence-corrected chi connectivity index (χ1v) is 8.05. The predicted molar refractivity (Wildman–Crippen MR) is 112 cm³/mol. The molecule has 1 atom stereocenters. The zero-order chi connectivity index (χ0) is 17.3. The van der Waals surface area contributed by atoms with Crippen LogP contribution in [0.15, 0.2) is 29.3 Å². The summed E-state index contributed by atoms with van der Waals surface area (Å²) in [5.41, 5.74) is 1.10. The molecule has 24 heavy (non-hydrogen) atoms. The molecular weight excluding hydrogens is 417 g/mol. The van der Waals surface area contributed by atoms with Crippen molar-refractivity contribution in [1.82, 2.24) is 10.6 Å². The fourth-order valence-corrected chi connectivity index (χ4v) is 2.10. The van der Waals surface area contributed by atoms with Gasteiger partial charge in [-0.3, -0.25) is 4.99 Å². The van der Waals surface area contributed by atoms with E-state index in [1.165, 1.54) is 5.56 Å². The van der Waals surface area contributed by atoms with Crippen LogP contribution in [0.25, 0.3) is 0 Å². The van der Waals surface area contributed by atoms with E-state index >= 15 is 0 Å². The van der Waals surface area contributed by atoms with E-state index in [4.69, 9.17) is 9.47 Å². The standard InChI is InChI=1S/C18H31N3O2.HI/c1-14(15-7-9-16(22-5)10-8-15)11-12-20-17(19-4)21-13-18(2,3)23-6;/h7-10,14H,11-13H2,1-6H3,(H2,19,20,21);1H. The largest absolute Gasteiger partial charge is 0.497 e. The second kappa shape index (κ2) is 11.5. The van der Waals surface area contributed by atoms with Crippen molar-refractivity contribution in [2.24, 2.45) is 4.99 Å². The van der Waals surface area contributed by atoms with Gasteiger partial charge in [-0.05, 0) is 43.9 Å². The lowest BCUT2D eigenvalue weighted by molar-refractivity contribution is 0.0268. The van der Waals surface area contributed by atoms with Gasteiger partial charge < -0.3 is 20.1 Å². The van der Waals surface area contributed by atoms with Gasteiger partial charge in [0.05, 0.1) is 12.7 Å². The second-order valence-electron chi connectivity index (χ2n) is 6.28. The average Bonchev–Trinajstić information content (AvgIpc) is 2.57. The zero-order valence-corrected chi connectivity index (χ0v) is 18.0. The maximum absolute atomic E-state index is 5.40. The van der Waals surface area contributed by atoms with Crippen LogP contribution in [0.5, 0.6) is 5.75 Å². The monoisotopic (exact) mass is 449 g/mol. The van der Waals surface area contributed by atoms with Gasteiger partial charge in [0.25, 0.3) is 0 Å². The van der Waals surface area contributed by atoms with Crippen molar-refractivity contribution in [2.45, 2.75) is 38.7 Å². The number of halogens is 1. The summed E-state index contributed by atoms with van der Waals surface area (Å²) in [5, 5.41) is 6.63. The van der Waals surface area contributed by atoms with Crippen molar-refractivity contribution in [3.8, 4) is 5.75 Å². The van der Waals surface area contributed by atoms with Crippen molar-refractivity contribution in [3.05, 3.63) is 29.8 Å². The number of hydrogen-bond acceptors (Lipinski definition) is 3. The Kier molecular flexibility index (Phi) is 11.0. The third kappa shape index (κ3) is 8.19. The normalized spacial score (nSPS) is 13.0. The van der Waals surface area contributed by atoms with Crippen LogP contribution in [0.4, 0.5) is 0 Å². The highest BCUT2D eigenvalue weighted by Crippen LogP contribution is 2.21. The lowest BCUT2D eigenvalue weighted by Crippen LogP contribution is -2.45. The smallest absolute Gasteiger partial charge is 0.191 e. The molecule has 0 aliphatic heterocycles. The molecule has 0 saturated heterocycles. The van der Waals surface area contributed by atoms with Crippen LogP contribution < -0.4 is 15.4 Å². The number of nitrogens with one attached hydrogen (secondary N) is 2. The highest BCUT2D eigenvalue weighted by molar-refractivity contribution is 14.0. The van der Waals surface area contributed by atoms with Gasteiger partial charge in [0.15, 0.2) is 5.96 Å². The zero-order valence-electron chi connectivity index (χ0n) is 15.7. The van der Waals surface area contributed by atoms with Crippen LogP contribution in [-0.2, 0) is 4.74 Å². The fourth-order valence-electron chi connectivity index (χ4n) is 2.10. The van der Waals surface area contributed by atoms with Gasteiger partial charge >= 0.3 is 0 Å². The number of guanidine groups is 1. The molecule has 0 aromatic heterocycles. The maximum Gasteiger partial charge on any atom is 0.191 e. The van der Waals surface area contributed by atoms with Gasteiger partial charge in [0, 0.05) is 27.2 Å². The number of aliphatic imine (C=N–C) groups is 1. The Labute approximate surface area is 163 Å². The molecule has 0 saturated carbocycles. The van der Waals surface area contributed by atoms with Gasteiger partial charge in [-0.25, -0.2) is 0 Å². The lowest BCUT2D eigenvalue weighted by atomic mass is 9.98. The van der Waals surface area contributed by atoms with E-state index in [2.05, 4.69) is 34.7 Å². The molecule has 1 aromatic carbocycles. The molecule has 0 amide bonds. The molecule has 0 spiro atoms. The minimum absolute atomic E-state index is 0. The summed E-state index contributed by atoms with van der Waals surface area (Å²) in [7, 11) is 5.18. The summed E-state index contributed by atoms with van der Waals surface area (Å²) in [6, 6.07) is 8.26. The number of nitrogens with zero attached hydrogens (tertiary/aromatic N) is 1. The molecule has 138 valence electrons. The third-order valence-electron chi connectivity index (χ3n) is 4.01. The van der Waals surface area contributed by atoms with Crippen molar-refractivity contribution in [2.75, 3.05) is 34.4 Å². The Morgan fingerprint density at radius 3 is 2.29 bits per heavy atom. The number of benzene rings is 1. The fraction of sp³-hybridized carbons (Fsp3) is 0.611. The number of methoxy groups -OCH3 is 2. The van der Waals surface area contributed by atoms with E-state index in [9.17, 15) is 0 Å². The van der Waals surface area contributed by atoms with Gasteiger partial charge in [0.2, 0.25) is 0 Å². The van der Waals surface area contributed by atoms with Crippen LogP contribution in [0.1, 0.15) is 38.7 Å². The summed E-state index contributed by atoms with van der Waals surface area (Å²) in [6.45, 7) is 7.88. The first-order valence-electron chi connectivity index (χ1n) is 8.05. The quantitative estimate of drug-likeness (QED) is 0.363. The van der Waals surface area contributed by atoms with Crippen molar-refractivity contribution in [1.29, 1.82) is 0 Å². The van der Waals surface area contributed by atoms with Gasteiger partial charge in [-0.1, -0.05) is 19.1 Å². The summed E-state index contributed by atoms with van der Waals surface area (Å²) < 4.78 is 10.6. The van der Waals surface area contributed by atoms with Crippen LogP contribution in [0.3, 0.4) is 0 Å². The number of hydrogen-bond donors (Lipinski definition) is 2. The molecule has 0 heterocycles. The highest BCUT2D eigenvalue weighted by atomic mass is 127. The first kappa shape index (κ1) is 23.0. The molecule has 0 fully saturated rings. The number of ether oxygens (including phenoxy) is 2. The van der Waals surface area contributed by atoms with E-state index in [-0.39, 0.29) is 29.6 Å². The Morgan fingerprint density at radius 1 is 1.17 bits per heavy atom. The van der Waals surface area contributed by atoms with E-state index in [0.717, 1.165) is 24.7 Å². The SMILES string of the molecule is CN=C(NCCC(C)c1ccc(OC)cc1)NCC(C)(C)OC.I. The van der Waals surface area contributed by atoms with E-state index in [1.54, 1.807) is 21.3 Å². The summed E-state index contributed by atoms with van der Waals surface area (Å²) in [4.78, 5) is 4.24. The summed E-state index contributed by atoms with van der Waals surface area (Å²) >= 11 is 0. The Bertz CT molecular complexity index is 490. The number of rotatable bonds is 8. The molecule has 0 bridgehead atoms. The molecule has 2 N–H and O–H groups in total. The molecule has 0 aliphatic carbocycles. The maximum atomic E-state index is 5.40. The molecule has 1 unspecified atom stereocenters. The van der Waals surface area contributed by atoms with Crippen LogP contribution >= 0.6 is 24.0 Å². The first-order chi connectivity index (χ1) is 10.9. The molecule has 5 nitrogen and oxygen atoms in total. The van der Waals surface area contributed by atoms with Gasteiger partial charge in [-0.15, -0.1) is 24.0 Å². The van der Waals surface area contributed by atoms with Crippen LogP contribution in [-0.4, -0.2) is 45.9 Å². The molecule has 0 radical (unpaired) electrons. The Hall–Kier alpha value is -1.02. The second-order valence-corrected chi connectivity index (χ2v) is 6.28. The minimum Gasteiger partial charge on any atom is -0.497 e. The predicted octanol–water partition coefficient (Wildman–Crippen LogP) is 3.40. The van der Waals surface area contributed by atoms with Crippen molar-refractivity contribution in [3.63, 3.8) is 0 Å².